The molecular weight excluding hydrogens is 382 g/mol. The van der Waals surface area contributed by atoms with E-state index in [4.69, 9.17) is 5.41 Å². The fourth-order valence-electron chi connectivity index (χ4n) is 3.07. The summed E-state index contributed by atoms with van der Waals surface area (Å²) in [6.07, 6.45) is 0.172. The van der Waals surface area contributed by atoms with Crippen molar-refractivity contribution in [2.24, 2.45) is 7.05 Å². The summed E-state index contributed by atoms with van der Waals surface area (Å²) in [5.41, 5.74) is 6.60. The number of aromatic nitrogens is 2. The quantitative estimate of drug-likeness (QED) is 0.710. The number of amides is 1. The summed E-state index contributed by atoms with van der Waals surface area (Å²) < 4.78 is 1.93. The lowest BCUT2D eigenvalue weighted by Crippen LogP contribution is -2.43. The summed E-state index contributed by atoms with van der Waals surface area (Å²) in [5, 5.41) is 9.76. The molecule has 1 aliphatic heterocycles. The van der Waals surface area contributed by atoms with E-state index in [-0.39, 0.29) is 29.3 Å². The second kappa shape index (κ2) is 6.68. The Morgan fingerprint density at radius 1 is 1.20 bits per heavy atom. The van der Waals surface area contributed by atoms with Gasteiger partial charge in [0.05, 0.1) is 24.0 Å². The normalized spacial score (nSPS) is 12.8. The zero-order valence-electron chi connectivity index (χ0n) is 13.7. The smallest absolute Gasteiger partial charge is 0.246 e. The van der Waals surface area contributed by atoms with Crippen molar-refractivity contribution >= 4 is 39.8 Å². The van der Waals surface area contributed by atoms with Crippen LogP contribution in [0, 0.1) is 5.41 Å². The van der Waals surface area contributed by atoms with Crippen molar-refractivity contribution in [3.63, 3.8) is 0 Å². The van der Waals surface area contributed by atoms with Crippen molar-refractivity contribution in [3.8, 4) is 0 Å². The summed E-state index contributed by atoms with van der Waals surface area (Å²) in [6, 6.07) is 15.5. The molecule has 1 amide bonds. The van der Waals surface area contributed by atoms with Gasteiger partial charge in [0.1, 0.15) is 11.7 Å². The monoisotopic (exact) mass is 399 g/mol. The number of hydrogen-bond acceptors (Lipinski definition) is 3. The van der Waals surface area contributed by atoms with Crippen molar-refractivity contribution in [3.05, 3.63) is 65.5 Å². The van der Waals surface area contributed by atoms with Gasteiger partial charge in [-0.15, -0.1) is 17.0 Å². The van der Waals surface area contributed by atoms with E-state index in [2.05, 4.69) is 10.4 Å². The van der Waals surface area contributed by atoms with Crippen LogP contribution < -0.4 is 5.43 Å². The molecule has 0 fully saturated rings. The van der Waals surface area contributed by atoms with Gasteiger partial charge in [-0.25, -0.2) is 4.98 Å². The fraction of sp³-hybridized carbons (Fsp3) is 0.167. The molecule has 0 bridgehead atoms. The number of imidazole rings is 1. The van der Waals surface area contributed by atoms with Crippen LogP contribution in [0.4, 0.5) is 0 Å². The minimum atomic E-state index is -0.175. The lowest BCUT2D eigenvalue weighted by atomic mass is 10.1. The lowest BCUT2D eigenvalue weighted by molar-refractivity contribution is -0.123. The predicted molar refractivity (Wildman–Crippen MR) is 102 cm³/mol. The van der Waals surface area contributed by atoms with E-state index in [1.54, 1.807) is 5.01 Å². The maximum atomic E-state index is 12.4. The molecule has 0 radical (unpaired) electrons. The first kappa shape index (κ1) is 17.2. The van der Waals surface area contributed by atoms with E-state index in [1.807, 2.05) is 60.1 Å². The van der Waals surface area contributed by atoms with Gasteiger partial charge in [-0.3, -0.25) is 20.6 Å². The Balaban J connectivity index is 0.00000182. The molecule has 1 aromatic heterocycles. The summed E-state index contributed by atoms with van der Waals surface area (Å²) in [4.78, 5) is 16.9. The van der Waals surface area contributed by atoms with Crippen LogP contribution in [0.3, 0.4) is 0 Å². The summed E-state index contributed by atoms with van der Waals surface area (Å²) >= 11 is 0. The molecule has 1 aliphatic rings. The first-order valence-electron chi connectivity index (χ1n) is 7.77. The minimum absolute atomic E-state index is 0. The van der Waals surface area contributed by atoms with E-state index >= 15 is 0 Å². The Labute approximate surface area is 155 Å². The van der Waals surface area contributed by atoms with Crippen LogP contribution in [0.1, 0.15) is 17.0 Å². The highest BCUT2D eigenvalue weighted by atomic mass is 79.9. The molecular formula is C18H18BrN5O. The van der Waals surface area contributed by atoms with Crippen molar-refractivity contribution < 1.29 is 4.79 Å². The SMILES string of the molecule is Br.Cn1c(CC(=O)NN2Cc3ccccc3C2=N)nc2ccccc21. The molecule has 0 saturated carbocycles. The number of rotatable bonds is 3. The largest absolute Gasteiger partial charge is 0.331 e. The van der Waals surface area contributed by atoms with Gasteiger partial charge in [0.2, 0.25) is 5.91 Å². The number of nitrogens with zero attached hydrogens (tertiary/aromatic N) is 3. The van der Waals surface area contributed by atoms with Gasteiger partial charge in [0.15, 0.2) is 0 Å². The molecule has 0 aliphatic carbocycles. The van der Waals surface area contributed by atoms with Gasteiger partial charge in [-0.2, -0.15) is 0 Å². The Hall–Kier alpha value is -2.67. The number of aryl methyl sites for hydroxylation is 1. The van der Waals surface area contributed by atoms with Crippen molar-refractivity contribution in [2.75, 3.05) is 0 Å². The van der Waals surface area contributed by atoms with Crippen LogP contribution in [0.2, 0.25) is 0 Å². The van der Waals surface area contributed by atoms with Crippen LogP contribution in [-0.4, -0.2) is 26.3 Å². The topological polar surface area (TPSA) is 74.0 Å². The van der Waals surface area contributed by atoms with E-state index in [9.17, 15) is 4.79 Å². The molecule has 7 heteroatoms. The molecule has 3 aromatic rings. The van der Waals surface area contributed by atoms with Crippen LogP contribution in [-0.2, 0) is 24.8 Å². The van der Waals surface area contributed by atoms with E-state index in [1.165, 1.54) is 0 Å². The second-order valence-corrected chi connectivity index (χ2v) is 5.88. The van der Waals surface area contributed by atoms with Gasteiger partial charge in [0, 0.05) is 12.6 Å². The van der Waals surface area contributed by atoms with Crippen molar-refractivity contribution in [2.45, 2.75) is 13.0 Å². The predicted octanol–water partition coefficient (Wildman–Crippen LogP) is 2.57. The third-order valence-corrected chi connectivity index (χ3v) is 4.33. The van der Waals surface area contributed by atoms with Crippen LogP contribution in [0.15, 0.2) is 48.5 Å². The Morgan fingerprint density at radius 2 is 1.92 bits per heavy atom. The number of hydrazine groups is 1. The van der Waals surface area contributed by atoms with E-state index < -0.39 is 0 Å². The molecule has 128 valence electrons. The van der Waals surface area contributed by atoms with Crippen LogP contribution in [0.25, 0.3) is 11.0 Å². The highest BCUT2D eigenvalue weighted by molar-refractivity contribution is 8.93. The number of para-hydroxylation sites is 2. The zero-order valence-corrected chi connectivity index (χ0v) is 15.4. The second-order valence-electron chi connectivity index (χ2n) is 5.88. The van der Waals surface area contributed by atoms with E-state index in [0.29, 0.717) is 18.2 Å². The Bertz CT molecular complexity index is 965. The van der Waals surface area contributed by atoms with Gasteiger partial charge >= 0.3 is 0 Å². The van der Waals surface area contributed by atoms with Crippen LogP contribution >= 0.6 is 17.0 Å². The lowest BCUT2D eigenvalue weighted by Gasteiger charge is -2.18. The average molecular weight is 400 g/mol. The molecule has 0 unspecified atom stereocenters. The number of carbonyl (C=O) groups excluding carboxylic acids is 1. The maximum absolute atomic E-state index is 12.4. The van der Waals surface area contributed by atoms with E-state index in [0.717, 1.165) is 22.2 Å². The zero-order chi connectivity index (χ0) is 16.7. The van der Waals surface area contributed by atoms with Gasteiger partial charge in [-0.05, 0) is 17.7 Å². The molecule has 0 atom stereocenters. The molecule has 0 spiro atoms. The molecule has 0 saturated heterocycles. The standard InChI is InChI=1S/C18H17N5O.BrH/c1-22-15-9-5-4-8-14(15)20-16(22)10-17(24)21-23-11-12-6-2-3-7-13(12)18(23)19;/h2-9,19H,10-11H2,1H3,(H,21,24);1H. The Morgan fingerprint density at radius 3 is 2.68 bits per heavy atom. The number of benzene rings is 2. The number of halogens is 1. The molecule has 2 N–H and O–H groups in total. The molecule has 2 heterocycles. The van der Waals surface area contributed by atoms with Gasteiger partial charge < -0.3 is 4.57 Å². The molecule has 2 aromatic carbocycles. The Kier molecular flexibility index (Phi) is 4.59. The number of nitrogens with one attached hydrogen (secondary N) is 2. The van der Waals surface area contributed by atoms with Crippen molar-refractivity contribution in [1.82, 2.24) is 20.0 Å². The average Bonchev–Trinajstić information content (AvgIpc) is 3.06. The maximum Gasteiger partial charge on any atom is 0.246 e. The first-order valence-corrected chi connectivity index (χ1v) is 7.77. The first-order chi connectivity index (χ1) is 11.6. The van der Waals surface area contributed by atoms with Gasteiger partial charge in [-0.1, -0.05) is 36.4 Å². The molecule has 25 heavy (non-hydrogen) atoms. The third-order valence-electron chi connectivity index (χ3n) is 4.33. The van der Waals surface area contributed by atoms with Crippen LogP contribution in [0.5, 0.6) is 0 Å². The number of amidine groups is 1. The number of hydrogen-bond donors (Lipinski definition) is 2. The summed E-state index contributed by atoms with van der Waals surface area (Å²) in [6.45, 7) is 0.517. The minimum Gasteiger partial charge on any atom is -0.331 e. The summed E-state index contributed by atoms with van der Waals surface area (Å²) in [5.74, 6) is 0.854. The summed E-state index contributed by atoms with van der Waals surface area (Å²) in [7, 11) is 1.91. The number of fused-ring (bicyclic) bond motifs is 2. The number of carbonyl (C=O) groups is 1. The molecule has 6 nitrogen and oxygen atoms in total. The highest BCUT2D eigenvalue weighted by Crippen LogP contribution is 2.20. The van der Waals surface area contributed by atoms with Crippen molar-refractivity contribution in [1.29, 1.82) is 5.41 Å². The highest BCUT2D eigenvalue weighted by Gasteiger charge is 2.25. The third kappa shape index (κ3) is 3.02. The van der Waals surface area contributed by atoms with Gasteiger partial charge in [0.25, 0.3) is 0 Å². The molecule has 4 rings (SSSR count). The fourth-order valence-corrected chi connectivity index (χ4v) is 3.07.